The average Bonchev–Trinajstić information content (AvgIpc) is 3.12. The van der Waals surface area contributed by atoms with Crippen LogP contribution in [0.1, 0.15) is 36.0 Å². The molecule has 1 spiro atoms. The summed E-state index contributed by atoms with van der Waals surface area (Å²) >= 11 is 12.6. The van der Waals surface area contributed by atoms with Gasteiger partial charge in [0.05, 0.1) is 30.9 Å². The summed E-state index contributed by atoms with van der Waals surface area (Å²) in [5.41, 5.74) is 0.164. The van der Waals surface area contributed by atoms with Gasteiger partial charge in [0.15, 0.2) is 17.3 Å². The molecular formula is C18H20Cl2O6. The number of methoxy groups -OCH3 is 1. The fourth-order valence-corrected chi connectivity index (χ4v) is 4.42. The number of hydrogen-bond donors (Lipinski definition) is 0. The first-order valence-corrected chi connectivity index (χ1v) is 9.46. The normalized spacial score (nSPS) is 24.7. The highest BCUT2D eigenvalue weighted by molar-refractivity contribution is 6.38. The molecule has 2 aliphatic heterocycles. The van der Waals surface area contributed by atoms with Gasteiger partial charge in [0.1, 0.15) is 17.7 Å². The molecule has 0 unspecified atom stereocenters. The summed E-state index contributed by atoms with van der Waals surface area (Å²) in [6.07, 6.45) is 3.32. The van der Waals surface area contributed by atoms with Gasteiger partial charge < -0.3 is 23.7 Å². The fourth-order valence-electron chi connectivity index (χ4n) is 3.90. The third kappa shape index (κ3) is 3.13. The fraction of sp³-hybridized carbons (Fsp3) is 0.611. The minimum absolute atomic E-state index is 0.163. The molecule has 1 saturated carbocycles. The van der Waals surface area contributed by atoms with Gasteiger partial charge in [0.25, 0.3) is 0 Å². The molecule has 1 aromatic carbocycles. The number of hydrogen-bond acceptors (Lipinski definition) is 6. The summed E-state index contributed by atoms with van der Waals surface area (Å²) in [4.78, 5) is 11.9. The molecule has 0 amide bonds. The first-order valence-electron chi connectivity index (χ1n) is 8.71. The van der Waals surface area contributed by atoms with E-state index in [0.29, 0.717) is 31.3 Å². The molecule has 1 aromatic rings. The zero-order valence-corrected chi connectivity index (χ0v) is 15.9. The van der Waals surface area contributed by atoms with Crippen LogP contribution >= 0.6 is 23.2 Å². The molecule has 142 valence electrons. The lowest BCUT2D eigenvalue weighted by molar-refractivity contribution is -0.187. The highest BCUT2D eigenvalue weighted by atomic mass is 35.5. The largest absolute Gasteiger partial charge is 0.484 e. The number of rotatable bonds is 2. The monoisotopic (exact) mass is 402 g/mol. The Morgan fingerprint density at radius 2 is 1.88 bits per heavy atom. The predicted molar refractivity (Wildman–Crippen MR) is 94.3 cm³/mol. The highest BCUT2D eigenvalue weighted by Gasteiger charge is 2.43. The van der Waals surface area contributed by atoms with Crippen LogP contribution in [0.15, 0.2) is 6.07 Å². The molecule has 0 aromatic heterocycles. The molecule has 4 rings (SSSR count). The van der Waals surface area contributed by atoms with Gasteiger partial charge in [-0.2, -0.15) is 0 Å². The van der Waals surface area contributed by atoms with E-state index in [1.165, 1.54) is 13.2 Å². The topological polar surface area (TPSA) is 63.2 Å². The number of benzene rings is 1. The van der Waals surface area contributed by atoms with Crippen molar-refractivity contribution in [1.82, 2.24) is 0 Å². The lowest BCUT2D eigenvalue weighted by Gasteiger charge is -2.40. The van der Waals surface area contributed by atoms with Crippen molar-refractivity contribution in [3.8, 4) is 11.5 Å². The summed E-state index contributed by atoms with van der Waals surface area (Å²) in [6.45, 7) is 1.71. The van der Waals surface area contributed by atoms with Crippen LogP contribution in [0.2, 0.25) is 10.0 Å². The Labute approximate surface area is 161 Å². The maximum Gasteiger partial charge on any atom is 0.339 e. The zero-order valence-electron chi connectivity index (χ0n) is 14.4. The third-order valence-corrected chi connectivity index (χ3v) is 5.98. The number of halogens is 2. The van der Waals surface area contributed by atoms with E-state index in [4.69, 9.17) is 46.9 Å². The van der Waals surface area contributed by atoms with E-state index in [1.54, 1.807) is 0 Å². The maximum atomic E-state index is 11.9. The smallest absolute Gasteiger partial charge is 0.339 e. The van der Waals surface area contributed by atoms with Crippen molar-refractivity contribution in [3.63, 3.8) is 0 Å². The van der Waals surface area contributed by atoms with Crippen molar-refractivity contribution >= 4 is 29.2 Å². The lowest BCUT2D eigenvalue weighted by Crippen LogP contribution is -2.43. The summed E-state index contributed by atoms with van der Waals surface area (Å²) in [5.74, 6) is -0.0123. The first kappa shape index (κ1) is 18.2. The van der Waals surface area contributed by atoms with E-state index in [9.17, 15) is 4.79 Å². The summed E-state index contributed by atoms with van der Waals surface area (Å²) < 4.78 is 28.3. The molecule has 0 bridgehead atoms. The maximum absolute atomic E-state index is 11.9. The number of fused-ring (bicyclic) bond motifs is 1. The first-order chi connectivity index (χ1) is 12.5. The molecule has 6 nitrogen and oxygen atoms in total. The molecule has 0 N–H and O–H groups in total. The van der Waals surface area contributed by atoms with Gasteiger partial charge in [0, 0.05) is 12.8 Å². The summed E-state index contributed by atoms with van der Waals surface area (Å²) in [7, 11) is 1.29. The Balaban J connectivity index is 1.52. The zero-order chi connectivity index (χ0) is 18.3. The van der Waals surface area contributed by atoms with E-state index in [1.807, 2.05) is 0 Å². The van der Waals surface area contributed by atoms with Gasteiger partial charge >= 0.3 is 5.97 Å². The Kier molecular flexibility index (Phi) is 4.94. The quantitative estimate of drug-likeness (QED) is 0.699. The van der Waals surface area contributed by atoms with E-state index < -0.39 is 11.8 Å². The van der Waals surface area contributed by atoms with Gasteiger partial charge in [-0.05, 0) is 24.8 Å². The van der Waals surface area contributed by atoms with E-state index in [-0.39, 0.29) is 27.6 Å². The number of esters is 1. The summed E-state index contributed by atoms with van der Waals surface area (Å²) in [5, 5.41) is 0.439. The van der Waals surface area contributed by atoms with Crippen LogP contribution < -0.4 is 9.47 Å². The molecule has 1 atom stereocenters. The molecular weight excluding hydrogens is 383 g/mol. The molecule has 8 heteroatoms. The second-order valence-electron chi connectivity index (χ2n) is 6.78. The SMILES string of the molecule is COC(=O)c1cc(Cl)c2c(c1Cl)O[C@@H](C1CCC3(CC1)OCCO3)CO2. The van der Waals surface area contributed by atoms with Crippen LogP contribution in [-0.4, -0.2) is 44.8 Å². The van der Waals surface area contributed by atoms with Crippen LogP contribution in [0, 0.1) is 5.92 Å². The molecule has 1 aliphatic carbocycles. The van der Waals surface area contributed by atoms with Crippen LogP contribution in [0.25, 0.3) is 0 Å². The molecule has 2 fully saturated rings. The average molecular weight is 403 g/mol. The van der Waals surface area contributed by atoms with Crippen molar-refractivity contribution in [1.29, 1.82) is 0 Å². The molecule has 3 aliphatic rings. The summed E-state index contributed by atoms with van der Waals surface area (Å²) in [6, 6.07) is 1.44. The van der Waals surface area contributed by atoms with Gasteiger partial charge in [-0.25, -0.2) is 4.79 Å². The standard InChI is InChI=1S/C18H20Cl2O6/c1-22-17(21)11-8-12(19)15-16(14(11)20)26-13(9-23-15)10-2-4-18(5-3-10)24-6-7-25-18/h8,10,13H,2-7,9H2,1H3/t13-/m1/s1. The van der Waals surface area contributed by atoms with Gasteiger partial charge in [-0.15, -0.1) is 0 Å². The lowest BCUT2D eigenvalue weighted by atomic mass is 9.81. The van der Waals surface area contributed by atoms with Crippen molar-refractivity contribution in [3.05, 3.63) is 21.7 Å². The van der Waals surface area contributed by atoms with Crippen LogP contribution in [0.4, 0.5) is 0 Å². The highest BCUT2D eigenvalue weighted by Crippen LogP contribution is 2.48. The predicted octanol–water partition coefficient (Wildman–Crippen LogP) is 3.85. The van der Waals surface area contributed by atoms with E-state index in [2.05, 4.69) is 0 Å². The van der Waals surface area contributed by atoms with E-state index in [0.717, 1.165) is 25.7 Å². The Bertz CT molecular complexity index is 706. The number of carbonyl (C=O) groups is 1. The van der Waals surface area contributed by atoms with Crippen molar-refractivity contribution in [2.24, 2.45) is 5.92 Å². The van der Waals surface area contributed by atoms with Crippen molar-refractivity contribution in [2.45, 2.75) is 37.6 Å². The van der Waals surface area contributed by atoms with Crippen molar-refractivity contribution in [2.75, 3.05) is 26.9 Å². The van der Waals surface area contributed by atoms with Crippen LogP contribution in [0.3, 0.4) is 0 Å². The van der Waals surface area contributed by atoms with Gasteiger partial charge in [-0.3, -0.25) is 0 Å². The second-order valence-corrected chi connectivity index (χ2v) is 7.57. The Morgan fingerprint density at radius 1 is 1.19 bits per heavy atom. The minimum atomic E-state index is -0.569. The Hall–Kier alpha value is -1.21. The van der Waals surface area contributed by atoms with Crippen LogP contribution in [-0.2, 0) is 14.2 Å². The van der Waals surface area contributed by atoms with Gasteiger partial charge in [-0.1, -0.05) is 23.2 Å². The third-order valence-electron chi connectivity index (χ3n) is 5.33. The molecule has 26 heavy (non-hydrogen) atoms. The molecule has 0 radical (unpaired) electrons. The molecule has 1 saturated heterocycles. The number of carbonyl (C=O) groups excluding carboxylic acids is 1. The van der Waals surface area contributed by atoms with E-state index >= 15 is 0 Å². The second kappa shape index (κ2) is 7.08. The van der Waals surface area contributed by atoms with Gasteiger partial charge in [0.2, 0.25) is 0 Å². The van der Waals surface area contributed by atoms with Crippen LogP contribution in [0.5, 0.6) is 11.5 Å². The Morgan fingerprint density at radius 3 is 2.54 bits per heavy atom. The van der Waals surface area contributed by atoms with Crippen molar-refractivity contribution < 1.29 is 28.5 Å². The number of ether oxygens (including phenoxy) is 5. The molecule has 2 heterocycles. The minimum Gasteiger partial charge on any atom is -0.484 e.